The number of carbonyl (C=O) groups excluding carboxylic acids is 1. The van der Waals surface area contributed by atoms with E-state index in [1.54, 1.807) is 0 Å². The molecule has 3 nitrogen and oxygen atoms in total. The largest absolute Gasteiger partial charge is 0.338 e. The third-order valence-electron chi connectivity index (χ3n) is 4.86. The van der Waals surface area contributed by atoms with Crippen molar-refractivity contribution in [1.82, 2.24) is 5.32 Å². The van der Waals surface area contributed by atoms with Crippen molar-refractivity contribution < 1.29 is 4.79 Å². The normalized spacial score (nSPS) is 29.5. The van der Waals surface area contributed by atoms with E-state index in [2.05, 4.69) is 25.2 Å². The van der Waals surface area contributed by atoms with Crippen LogP contribution in [0.5, 0.6) is 0 Å². The zero-order valence-corrected chi connectivity index (χ0v) is 11.6. The van der Waals surface area contributed by atoms with Gasteiger partial charge in [0, 0.05) is 5.92 Å². The summed E-state index contributed by atoms with van der Waals surface area (Å²) in [5.41, 5.74) is -0.483. The molecule has 0 saturated heterocycles. The van der Waals surface area contributed by atoms with Crippen LogP contribution in [0, 0.1) is 22.7 Å². The average Bonchev–Trinajstić information content (AvgIpc) is 2.70. The molecule has 1 amide bonds. The fourth-order valence-corrected chi connectivity index (χ4v) is 3.56. The Bertz CT molecular complexity index is 361. The molecule has 3 heteroatoms. The lowest BCUT2D eigenvalue weighted by molar-refractivity contribution is -0.129. The number of hydrogen-bond acceptors (Lipinski definition) is 2. The van der Waals surface area contributed by atoms with Crippen molar-refractivity contribution in [1.29, 1.82) is 5.26 Å². The smallest absolute Gasteiger partial charge is 0.224 e. The predicted octanol–water partition coefficient (Wildman–Crippen LogP) is 3.16. The zero-order chi connectivity index (χ0) is 13.2. The van der Waals surface area contributed by atoms with Crippen molar-refractivity contribution in [2.45, 2.75) is 70.8 Å². The number of rotatable bonds is 2. The maximum atomic E-state index is 12.4. The van der Waals surface area contributed by atoms with Crippen LogP contribution in [-0.4, -0.2) is 11.4 Å². The standard InChI is InChI=1S/C15H24N2O/c1-14(2)8-6-7-12(14)13(18)17-15(11-16)9-4-3-5-10-15/h12H,3-10H2,1-2H3,(H,17,18). The highest BCUT2D eigenvalue weighted by Gasteiger charge is 2.42. The molecule has 0 radical (unpaired) electrons. The Hall–Kier alpha value is -1.04. The first kappa shape index (κ1) is 13.4. The highest BCUT2D eigenvalue weighted by molar-refractivity contribution is 5.81. The lowest BCUT2D eigenvalue weighted by atomic mass is 9.79. The first-order valence-electron chi connectivity index (χ1n) is 7.22. The summed E-state index contributed by atoms with van der Waals surface area (Å²) < 4.78 is 0. The van der Waals surface area contributed by atoms with Gasteiger partial charge in [-0.1, -0.05) is 39.5 Å². The molecule has 0 aromatic heterocycles. The maximum Gasteiger partial charge on any atom is 0.224 e. The second-order valence-electron chi connectivity index (χ2n) is 6.68. The van der Waals surface area contributed by atoms with Crippen LogP contribution in [0.1, 0.15) is 65.2 Å². The molecule has 0 aliphatic heterocycles. The molecule has 100 valence electrons. The minimum absolute atomic E-state index is 0.0876. The third-order valence-corrected chi connectivity index (χ3v) is 4.86. The van der Waals surface area contributed by atoms with Crippen molar-refractivity contribution >= 4 is 5.91 Å². The molecular weight excluding hydrogens is 224 g/mol. The topological polar surface area (TPSA) is 52.9 Å². The Morgan fingerprint density at radius 3 is 2.33 bits per heavy atom. The van der Waals surface area contributed by atoms with Crippen LogP contribution in [0.2, 0.25) is 0 Å². The highest BCUT2D eigenvalue weighted by atomic mass is 16.2. The van der Waals surface area contributed by atoms with Gasteiger partial charge in [0.05, 0.1) is 6.07 Å². The molecule has 2 rings (SSSR count). The molecule has 0 aromatic carbocycles. The molecule has 2 saturated carbocycles. The molecule has 2 fully saturated rings. The molecule has 1 atom stereocenters. The minimum Gasteiger partial charge on any atom is -0.338 e. The first-order valence-corrected chi connectivity index (χ1v) is 7.22. The molecule has 0 aromatic rings. The van der Waals surface area contributed by atoms with Gasteiger partial charge in [0.1, 0.15) is 5.54 Å². The Morgan fingerprint density at radius 1 is 1.17 bits per heavy atom. The Morgan fingerprint density at radius 2 is 1.83 bits per heavy atom. The molecule has 1 unspecified atom stereocenters. The lowest BCUT2D eigenvalue weighted by Crippen LogP contribution is -2.51. The molecule has 1 N–H and O–H groups in total. The van der Waals surface area contributed by atoms with Crippen LogP contribution < -0.4 is 5.32 Å². The summed E-state index contributed by atoms with van der Waals surface area (Å²) in [6.07, 6.45) is 8.17. The van der Waals surface area contributed by atoms with Gasteiger partial charge in [-0.2, -0.15) is 5.26 Å². The van der Waals surface area contributed by atoms with Gasteiger partial charge in [-0.25, -0.2) is 0 Å². The summed E-state index contributed by atoms with van der Waals surface area (Å²) in [5, 5.41) is 12.5. The summed E-state index contributed by atoms with van der Waals surface area (Å²) in [5.74, 6) is 0.200. The van der Waals surface area contributed by atoms with Crippen LogP contribution in [0.4, 0.5) is 0 Å². The van der Waals surface area contributed by atoms with E-state index in [-0.39, 0.29) is 17.2 Å². The fraction of sp³-hybridized carbons (Fsp3) is 0.867. The molecule has 2 aliphatic carbocycles. The second kappa shape index (κ2) is 4.91. The SMILES string of the molecule is CC1(C)CCCC1C(=O)NC1(C#N)CCCCC1. The van der Waals surface area contributed by atoms with E-state index in [0.717, 1.165) is 44.9 Å². The van der Waals surface area contributed by atoms with E-state index in [9.17, 15) is 10.1 Å². The van der Waals surface area contributed by atoms with Crippen molar-refractivity contribution in [2.75, 3.05) is 0 Å². The molecule has 0 bridgehead atoms. The van der Waals surface area contributed by atoms with Crippen LogP contribution in [0.25, 0.3) is 0 Å². The molecule has 0 heterocycles. The van der Waals surface area contributed by atoms with Crippen LogP contribution >= 0.6 is 0 Å². The summed E-state index contributed by atoms with van der Waals surface area (Å²) in [4.78, 5) is 12.4. The van der Waals surface area contributed by atoms with Gasteiger partial charge >= 0.3 is 0 Å². The van der Waals surface area contributed by atoms with Gasteiger partial charge in [-0.05, 0) is 31.1 Å². The van der Waals surface area contributed by atoms with Gasteiger partial charge in [-0.3, -0.25) is 4.79 Å². The van der Waals surface area contributed by atoms with Crippen molar-refractivity contribution in [3.05, 3.63) is 0 Å². The number of carbonyl (C=O) groups is 1. The fourth-order valence-electron chi connectivity index (χ4n) is 3.56. The summed E-state index contributed by atoms with van der Waals surface area (Å²) in [7, 11) is 0. The summed E-state index contributed by atoms with van der Waals surface area (Å²) >= 11 is 0. The number of nitrogens with zero attached hydrogens (tertiary/aromatic N) is 1. The first-order chi connectivity index (χ1) is 8.49. The average molecular weight is 248 g/mol. The monoisotopic (exact) mass is 248 g/mol. The Labute approximate surface area is 110 Å². The number of hydrogen-bond donors (Lipinski definition) is 1. The van der Waals surface area contributed by atoms with Crippen molar-refractivity contribution in [2.24, 2.45) is 11.3 Å². The molecular formula is C15H24N2O. The molecule has 18 heavy (non-hydrogen) atoms. The Balaban J connectivity index is 2.04. The van der Waals surface area contributed by atoms with Gasteiger partial charge in [-0.15, -0.1) is 0 Å². The second-order valence-corrected chi connectivity index (χ2v) is 6.68. The van der Waals surface area contributed by atoms with Gasteiger partial charge < -0.3 is 5.32 Å². The zero-order valence-electron chi connectivity index (χ0n) is 11.6. The number of nitrogens with one attached hydrogen (secondary N) is 1. The van der Waals surface area contributed by atoms with E-state index in [1.807, 2.05) is 0 Å². The molecule has 2 aliphatic rings. The van der Waals surface area contributed by atoms with E-state index >= 15 is 0 Å². The van der Waals surface area contributed by atoms with Crippen LogP contribution in [0.3, 0.4) is 0 Å². The number of amides is 1. The van der Waals surface area contributed by atoms with Gasteiger partial charge in [0.2, 0.25) is 5.91 Å². The molecule has 0 spiro atoms. The van der Waals surface area contributed by atoms with E-state index < -0.39 is 5.54 Å². The third kappa shape index (κ3) is 2.53. The Kier molecular flexibility index (Phi) is 3.66. The van der Waals surface area contributed by atoms with E-state index in [0.29, 0.717) is 0 Å². The van der Waals surface area contributed by atoms with Gasteiger partial charge in [0.15, 0.2) is 0 Å². The van der Waals surface area contributed by atoms with Crippen molar-refractivity contribution in [3.63, 3.8) is 0 Å². The maximum absolute atomic E-state index is 12.4. The predicted molar refractivity (Wildman–Crippen MR) is 70.7 cm³/mol. The van der Waals surface area contributed by atoms with Crippen LogP contribution in [0.15, 0.2) is 0 Å². The van der Waals surface area contributed by atoms with E-state index in [1.165, 1.54) is 6.42 Å². The summed E-state index contributed by atoms with van der Waals surface area (Å²) in [6.45, 7) is 4.34. The van der Waals surface area contributed by atoms with E-state index in [4.69, 9.17) is 0 Å². The summed E-state index contributed by atoms with van der Waals surface area (Å²) in [6, 6.07) is 2.37. The van der Waals surface area contributed by atoms with Crippen molar-refractivity contribution in [3.8, 4) is 6.07 Å². The highest BCUT2D eigenvalue weighted by Crippen LogP contribution is 2.43. The minimum atomic E-state index is -0.575. The quantitative estimate of drug-likeness (QED) is 0.816. The van der Waals surface area contributed by atoms with Gasteiger partial charge in [0.25, 0.3) is 0 Å². The van der Waals surface area contributed by atoms with Crippen LogP contribution in [-0.2, 0) is 4.79 Å². The number of nitriles is 1. The lowest BCUT2D eigenvalue weighted by Gasteiger charge is -2.35.